The quantitative estimate of drug-likeness (QED) is 0.709. The summed E-state index contributed by atoms with van der Waals surface area (Å²) in [6.07, 6.45) is 12.5. The highest BCUT2D eigenvalue weighted by Crippen LogP contribution is 2.31. The van der Waals surface area contributed by atoms with Gasteiger partial charge in [-0.1, -0.05) is 6.42 Å². The first-order chi connectivity index (χ1) is 13.4. The first-order valence-corrected chi connectivity index (χ1v) is 9.55. The number of hydrogen-bond acceptors (Lipinski definition) is 7. The van der Waals surface area contributed by atoms with E-state index >= 15 is 0 Å². The van der Waals surface area contributed by atoms with Gasteiger partial charge in [0.05, 0.1) is 18.2 Å². The Bertz CT molecular complexity index is 898. The van der Waals surface area contributed by atoms with Gasteiger partial charge in [-0.2, -0.15) is 0 Å². The molecule has 1 atom stereocenters. The van der Waals surface area contributed by atoms with E-state index in [-0.39, 0.29) is 0 Å². The highest BCUT2D eigenvalue weighted by molar-refractivity contribution is 5.76. The standard InChI is InChI=1S/C20H22N6O/c1-2-8-25-9-10-26(14-15(25)4-1)20-23-12-16(17-13-21-6-7-22-17)19(24-20)18-5-3-11-27-18/h3,5-7,11-13,15H,1-2,4,8-10,14H2/t15-/m0/s1. The summed E-state index contributed by atoms with van der Waals surface area (Å²) in [5.41, 5.74) is 2.34. The van der Waals surface area contributed by atoms with Gasteiger partial charge in [0, 0.05) is 49.8 Å². The van der Waals surface area contributed by atoms with E-state index in [9.17, 15) is 0 Å². The van der Waals surface area contributed by atoms with Crippen molar-refractivity contribution in [2.75, 3.05) is 31.1 Å². The zero-order valence-corrected chi connectivity index (χ0v) is 15.2. The van der Waals surface area contributed by atoms with Gasteiger partial charge in [0.25, 0.3) is 0 Å². The minimum Gasteiger partial charge on any atom is -0.463 e. The fraction of sp³-hybridized carbons (Fsp3) is 0.400. The second-order valence-electron chi connectivity index (χ2n) is 7.13. The summed E-state index contributed by atoms with van der Waals surface area (Å²) >= 11 is 0. The largest absolute Gasteiger partial charge is 0.463 e. The lowest BCUT2D eigenvalue weighted by molar-refractivity contribution is 0.133. The minimum absolute atomic E-state index is 0.614. The van der Waals surface area contributed by atoms with Crippen LogP contribution in [-0.2, 0) is 0 Å². The summed E-state index contributed by atoms with van der Waals surface area (Å²) in [6.45, 7) is 4.25. The van der Waals surface area contributed by atoms with E-state index in [4.69, 9.17) is 9.40 Å². The van der Waals surface area contributed by atoms with Crippen LogP contribution in [0.15, 0.2) is 47.6 Å². The number of furan rings is 1. The maximum Gasteiger partial charge on any atom is 0.226 e. The number of rotatable bonds is 3. The Balaban J connectivity index is 1.50. The van der Waals surface area contributed by atoms with E-state index in [1.54, 1.807) is 24.9 Å². The molecule has 0 unspecified atom stereocenters. The third kappa shape index (κ3) is 3.19. The molecule has 0 aromatic carbocycles. The lowest BCUT2D eigenvalue weighted by atomic mass is 10.00. The van der Waals surface area contributed by atoms with Gasteiger partial charge in [-0.05, 0) is 31.5 Å². The summed E-state index contributed by atoms with van der Waals surface area (Å²) in [7, 11) is 0. The molecule has 0 amide bonds. The zero-order chi connectivity index (χ0) is 18.1. The van der Waals surface area contributed by atoms with Crippen LogP contribution in [0.1, 0.15) is 19.3 Å². The molecule has 27 heavy (non-hydrogen) atoms. The molecule has 5 heterocycles. The topological polar surface area (TPSA) is 71.2 Å². The summed E-state index contributed by atoms with van der Waals surface area (Å²) in [4.78, 5) is 23.1. The van der Waals surface area contributed by atoms with Crippen molar-refractivity contribution in [3.63, 3.8) is 0 Å². The van der Waals surface area contributed by atoms with Gasteiger partial charge >= 0.3 is 0 Å². The predicted molar refractivity (Wildman–Crippen MR) is 102 cm³/mol. The molecule has 2 fully saturated rings. The summed E-state index contributed by atoms with van der Waals surface area (Å²) in [6, 6.07) is 4.41. The lowest BCUT2D eigenvalue weighted by Crippen LogP contribution is -2.55. The van der Waals surface area contributed by atoms with Gasteiger partial charge < -0.3 is 9.32 Å². The van der Waals surface area contributed by atoms with E-state index in [0.717, 1.165) is 48.3 Å². The second-order valence-corrected chi connectivity index (χ2v) is 7.13. The van der Waals surface area contributed by atoms with Gasteiger partial charge in [-0.3, -0.25) is 14.9 Å². The molecular weight excluding hydrogens is 340 g/mol. The number of nitrogens with zero attached hydrogens (tertiary/aromatic N) is 6. The molecule has 0 aliphatic carbocycles. The monoisotopic (exact) mass is 362 g/mol. The van der Waals surface area contributed by atoms with Crippen LogP contribution in [0.2, 0.25) is 0 Å². The van der Waals surface area contributed by atoms with Crippen LogP contribution in [0.25, 0.3) is 22.7 Å². The van der Waals surface area contributed by atoms with Gasteiger partial charge in [0.1, 0.15) is 5.69 Å². The van der Waals surface area contributed by atoms with Crippen molar-refractivity contribution < 1.29 is 4.42 Å². The molecule has 5 rings (SSSR count). The number of hydrogen-bond donors (Lipinski definition) is 0. The molecule has 138 valence electrons. The van der Waals surface area contributed by atoms with Crippen molar-refractivity contribution in [1.29, 1.82) is 0 Å². The van der Waals surface area contributed by atoms with E-state index < -0.39 is 0 Å². The molecule has 0 saturated carbocycles. The average molecular weight is 362 g/mol. The number of piperidine rings is 1. The van der Waals surface area contributed by atoms with Gasteiger partial charge in [-0.15, -0.1) is 0 Å². The molecule has 0 N–H and O–H groups in total. The van der Waals surface area contributed by atoms with E-state index in [2.05, 4.69) is 24.8 Å². The Morgan fingerprint density at radius 1 is 1.04 bits per heavy atom. The number of fused-ring (bicyclic) bond motifs is 1. The molecule has 7 heteroatoms. The first-order valence-electron chi connectivity index (χ1n) is 9.55. The summed E-state index contributed by atoms with van der Waals surface area (Å²) in [5.74, 6) is 1.48. The molecule has 7 nitrogen and oxygen atoms in total. The highest BCUT2D eigenvalue weighted by Gasteiger charge is 2.30. The smallest absolute Gasteiger partial charge is 0.226 e. The van der Waals surface area contributed by atoms with Gasteiger partial charge in [-0.25, -0.2) is 9.97 Å². The third-order valence-electron chi connectivity index (χ3n) is 5.49. The van der Waals surface area contributed by atoms with Crippen molar-refractivity contribution in [2.24, 2.45) is 0 Å². The maximum absolute atomic E-state index is 5.64. The molecule has 2 aliphatic heterocycles. The zero-order valence-electron chi connectivity index (χ0n) is 15.2. The van der Waals surface area contributed by atoms with Crippen molar-refractivity contribution in [3.05, 3.63) is 43.2 Å². The van der Waals surface area contributed by atoms with Crippen LogP contribution < -0.4 is 4.90 Å². The predicted octanol–water partition coefficient (Wildman–Crippen LogP) is 2.87. The van der Waals surface area contributed by atoms with Crippen LogP contribution in [0.3, 0.4) is 0 Å². The molecule has 0 radical (unpaired) electrons. The lowest BCUT2D eigenvalue weighted by Gasteiger charge is -2.44. The Labute approximate surface area is 158 Å². The SMILES string of the molecule is c1coc(-c2nc(N3CCN4CCCC[C@H]4C3)ncc2-c2cnccn2)c1. The first kappa shape index (κ1) is 16.4. The Morgan fingerprint density at radius 2 is 2.04 bits per heavy atom. The van der Waals surface area contributed by atoms with Crippen LogP contribution >= 0.6 is 0 Å². The summed E-state index contributed by atoms with van der Waals surface area (Å²) in [5, 5.41) is 0. The second kappa shape index (κ2) is 7.08. The Kier molecular flexibility index (Phi) is 4.29. The van der Waals surface area contributed by atoms with Crippen LogP contribution in [0.4, 0.5) is 5.95 Å². The number of piperazine rings is 1. The van der Waals surface area contributed by atoms with Gasteiger partial charge in [0.15, 0.2) is 5.76 Å². The van der Waals surface area contributed by atoms with Crippen molar-refractivity contribution >= 4 is 5.95 Å². The molecule has 2 saturated heterocycles. The highest BCUT2D eigenvalue weighted by atomic mass is 16.3. The molecule has 0 bridgehead atoms. The molecule has 3 aromatic rings. The van der Waals surface area contributed by atoms with Gasteiger partial charge in [0.2, 0.25) is 5.95 Å². The normalized spacial score (nSPS) is 20.4. The molecule has 3 aromatic heterocycles. The van der Waals surface area contributed by atoms with Crippen LogP contribution in [0.5, 0.6) is 0 Å². The maximum atomic E-state index is 5.64. The number of aromatic nitrogens is 4. The molecule has 2 aliphatic rings. The van der Waals surface area contributed by atoms with Crippen molar-refractivity contribution in [1.82, 2.24) is 24.8 Å². The van der Waals surface area contributed by atoms with E-state index in [1.807, 2.05) is 18.3 Å². The van der Waals surface area contributed by atoms with Crippen molar-refractivity contribution in [3.8, 4) is 22.7 Å². The summed E-state index contributed by atoms with van der Waals surface area (Å²) < 4.78 is 5.64. The van der Waals surface area contributed by atoms with E-state index in [1.165, 1.54) is 25.8 Å². The molecular formula is C20H22N6O. The Hall–Kier alpha value is -2.80. The van der Waals surface area contributed by atoms with Crippen LogP contribution in [-0.4, -0.2) is 57.1 Å². The van der Waals surface area contributed by atoms with Crippen molar-refractivity contribution in [2.45, 2.75) is 25.3 Å². The molecule has 0 spiro atoms. The van der Waals surface area contributed by atoms with Crippen LogP contribution in [0, 0.1) is 0 Å². The average Bonchev–Trinajstić information content (AvgIpc) is 3.28. The Morgan fingerprint density at radius 3 is 2.89 bits per heavy atom. The van der Waals surface area contributed by atoms with E-state index in [0.29, 0.717) is 6.04 Å². The third-order valence-corrected chi connectivity index (χ3v) is 5.49. The fourth-order valence-corrected chi connectivity index (χ4v) is 4.09. The number of anilines is 1. The fourth-order valence-electron chi connectivity index (χ4n) is 4.09. The minimum atomic E-state index is 0.614.